The second kappa shape index (κ2) is 3.64. The summed E-state index contributed by atoms with van der Waals surface area (Å²) in [6.07, 6.45) is 1.63. The summed E-state index contributed by atoms with van der Waals surface area (Å²) in [5, 5.41) is 8.69. The third kappa shape index (κ3) is 2.13. The van der Waals surface area contributed by atoms with Gasteiger partial charge in [-0.15, -0.1) is 0 Å². The quantitative estimate of drug-likeness (QED) is 0.716. The molecule has 0 spiro atoms. The molecule has 1 aromatic rings. The highest BCUT2D eigenvalue weighted by atomic mass is 32.2. The molecule has 0 aliphatic rings. The van der Waals surface area contributed by atoms with Gasteiger partial charge in [0.1, 0.15) is 0 Å². The zero-order chi connectivity index (χ0) is 8.27. The average molecular weight is 170 g/mol. The maximum Gasteiger partial charge on any atom is 0.0681 e. The lowest BCUT2D eigenvalue weighted by molar-refractivity contribution is 0.282. The molecule has 1 atom stereocenters. The van der Waals surface area contributed by atoms with E-state index in [1.807, 2.05) is 0 Å². The highest BCUT2D eigenvalue weighted by Gasteiger charge is 1.95. The first-order valence-corrected chi connectivity index (χ1v) is 4.83. The van der Waals surface area contributed by atoms with E-state index in [1.54, 1.807) is 30.5 Å². The lowest BCUT2D eigenvalue weighted by Gasteiger charge is -1.97. The van der Waals surface area contributed by atoms with Crippen LogP contribution in [0.3, 0.4) is 0 Å². The molecular formula is C8H10O2S. The largest absolute Gasteiger partial charge is 0.392 e. The molecule has 1 aromatic carbocycles. The van der Waals surface area contributed by atoms with Crippen LogP contribution in [-0.4, -0.2) is 15.6 Å². The standard InChI is InChI=1S/C8H10O2S/c1-11(10)8-4-2-7(6-9)3-5-8/h2-5,9H,6H2,1H3/t11-/m1/s1. The summed E-state index contributed by atoms with van der Waals surface area (Å²) < 4.78 is 10.9. The lowest BCUT2D eigenvalue weighted by atomic mass is 10.2. The van der Waals surface area contributed by atoms with Crippen molar-refractivity contribution in [2.75, 3.05) is 6.26 Å². The highest BCUT2D eigenvalue weighted by Crippen LogP contribution is 2.06. The molecule has 0 unspecified atom stereocenters. The molecule has 3 heteroatoms. The summed E-state index contributed by atoms with van der Waals surface area (Å²) >= 11 is 0. The molecule has 0 aromatic heterocycles. The minimum atomic E-state index is -0.921. The Kier molecular flexibility index (Phi) is 2.79. The number of benzene rings is 1. The molecule has 0 bridgehead atoms. The Morgan fingerprint density at radius 2 is 1.91 bits per heavy atom. The first-order valence-electron chi connectivity index (χ1n) is 3.27. The summed E-state index contributed by atoms with van der Waals surface area (Å²) in [6.45, 7) is 0.0383. The number of hydrogen-bond donors (Lipinski definition) is 1. The molecule has 0 aliphatic carbocycles. The molecule has 0 fully saturated rings. The molecule has 2 nitrogen and oxygen atoms in total. The molecule has 0 amide bonds. The van der Waals surface area contributed by atoms with Gasteiger partial charge < -0.3 is 5.11 Å². The van der Waals surface area contributed by atoms with Crippen LogP contribution in [0.15, 0.2) is 29.2 Å². The second-order valence-corrected chi connectivity index (χ2v) is 3.64. The maximum absolute atomic E-state index is 10.9. The van der Waals surface area contributed by atoms with Gasteiger partial charge in [-0.3, -0.25) is 4.21 Å². The molecular weight excluding hydrogens is 160 g/mol. The van der Waals surface area contributed by atoms with Crippen molar-refractivity contribution in [3.05, 3.63) is 29.8 Å². The lowest BCUT2D eigenvalue weighted by Crippen LogP contribution is -1.88. The molecule has 1 rings (SSSR count). The summed E-state index contributed by atoms with van der Waals surface area (Å²) in [5.41, 5.74) is 0.846. The summed E-state index contributed by atoms with van der Waals surface area (Å²) in [7, 11) is -0.921. The van der Waals surface area contributed by atoms with Gasteiger partial charge in [-0.1, -0.05) is 12.1 Å². The van der Waals surface area contributed by atoms with E-state index in [1.165, 1.54) is 0 Å². The topological polar surface area (TPSA) is 37.3 Å². The van der Waals surface area contributed by atoms with E-state index in [-0.39, 0.29) is 6.61 Å². The average Bonchev–Trinajstić information content (AvgIpc) is 2.05. The van der Waals surface area contributed by atoms with E-state index in [0.717, 1.165) is 10.5 Å². The molecule has 1 N–H and O–H groups in total. The third-order valence-electron chi connectivity index (χ3n) is 1.44. The van der Waals surface area contributed by atoms with Crippen LogP contribution in [0.5, 0.6) is 0 Å². The fourth-order valence-electron chi connectivity index (χ4n) is 0.787. The molecule has 0 saturated heterocycles. The number of rotatable bonds is 2. The third-order valence-corrected chi connectivity index (χ3v) is 2.37. The van der Waals surface area contributed by atoms with Crippen molar-refractivity contribution in [2.45, 2.75) is 11.5 Å². The maximum atomic E-state index is 10.9. The van der Waals surface area contributed by atoms with E-state index < -0.39 is 10.8 Å². The first kappa shape index (κ1) is 8.43. The highest BCUT2D eigenvalue weighted by molar-refractivity contribution is 7.84. The van der Waals surface area contributed by atoms with Crippen molar-refractivity contribution < 1.29 is 9.32 Å². The summed E-state index contributed by atoms with van der Waals surface area (Å²) in [4.78, 5) is 0.794. The van der Waals surface area contributed by atoms with Crippen molar-refractivity contribution in [3.8, 4) is 0 Å². The van der Waals surface area contributed by atoms with Gasteiger partial charge in [-0.25, -0.2) is 0 Å². The number of hydrogen-bond acceptors (Lipinski definition) is 2. The van der Waals surface area contributed by atoms with Crippen molar-refractivity contribution in [1.29, 1.82) is 0 Å². The Morgan fingerprint density at radius 1 is 1.36 bits per heavy atom. The molecule has 0 aliphatic heterocycles. The minimum absolute atomic E-state index is 0.0383. The van der Waals surface area contributed by atoms with Crippen molar-refractivity contribution in [2.24, 2.45) is 0 Å². The molecule has 0 saturated carbocycles. The first-order chi connectivity index (χ1) is 5.24. The SMILES string of the molecule is C[S@@](=O)c1ccc(CO)cc1. The Morgan fingerprint density at radius 3 is 2.27 bits per heavy atom. The van der Waals surface area contributed by atoms with Gasteiger partial charge in [0.15, 0.2) is 0 Å². The Bertz CT molecular complexity index is 253. The van der Waals surface area contributed by atoms with Crippen molar-refractivity contribution in [1.82, 2.24) is 0 Å². The van der Waals surface area contributed by atoms with E-state index in [0.29, 0.717) is 0 Å². The second-order valence-electron chi connectivity index (χ2n) is 2.26. The van der Waals surface area contributed by atoms with Crippen LogP contribution in [0.1, 0.15) is 5.56 Å². The van der Waals surface area contributed by atoms with E-state index in [2.05, 4.69) is 0 Å². The number of aliphatic hydroxyl groups is 1. The minimum Gasteiger partial charge on any atom is -0.392 e. The fourth-order valence-corrected chi connectivity index (χ4v) is 1.31. The van der Waals surface area contributed by atoms with Crippen molar-refractivity contribution >= 4 is 10.8 Å². The predicted octanol–water partition coefficient (Wildman–Crippen LogP) is 0.916. The van der Waals surface area contributed by atoms with E-state index in [9.17, 15) is 4.21 Å². The summed E-state index contributed by atoms with van der Waals surface area (Å²) in [6, 6.07) is 7.08. The van der Waals surface area contributed by atoms with Gasteiger partial charge in [-0.05, 0) is 17.7 Å². The van der Waals surface area contributed by atoms with Crippen LogP contribution in [0.4, 0.5) is 0 Å². The van der Waals surface area contributed by atoms with Gasteiger partial charge >= 0.3 is 0 Å². The van der Waals surface area contributed by atoms with Gasteiger partial charge in [0.05, 0.1) is 6.61 Å². The van der Waals surface area contributed by atoms with Crippen LogP contribution in [0.25, 0.3) is 0 Å². The van der Waals surface area contributed by atoms with Gasteiger partial charge in [-0.2, -0.15) is 0 Å². The van der Waals surface area contributed by atoms with Gasteiger partial charge in [0, 0.05) is 22.0 Å². The van der Waals surface area contributed by atoms with Crippen molar-refractivity contribution in [3.63, 3.8) is 0 Å². The van der Waals surface area contributed by atoms with Gasteiger partial charge in [0.2, 0.25) is 0 Å². The van der Waals surface area contributed by atoms with E-state index >= 15 is 0 Å². The van der Waals surface area contributed by atoms with Crippen LogP contribution in [0, 0.1) is 0 Å². The van der Waals surface area contributed by atoms with Gasteiger partial charge in [0.25, 0.3) is 0 Å². The number of aliphatic hydroxyl groups excluding tert-OH is 1. The summed E-state index contributed by atoms with van der Waals surface area (Å²) in [5.74, 6) is 0. The molecule has 11 heavy (non-hydrogen) atoms. The van der Waals surface area contributed by atoms with Crippen LogP contribution >= 0.6 is 0 Å². The Balaban J connectivity index is 2.91. The Labute approximate surface area is 68.3 Å². The van der Waals surface area contributed by atoms with E-state index in [4.69, 9.17) is 5.11 Å². The fraction of sp³-hybridized carbons (Fsp3) is 0.250. The zero-order valence-corrected chi connectivity index (χ0v) is 7.10. The molecule has 60 valence electrons. The van der Waals surface area contributed by atoms with Crippen LogP contribution < -0.4 is 0 Å². The normalized spacial score (nSPS) is 12.9. The smallest absolute Gasteiger partial charge is 0.0681 e. The monoisotopic (exact) mass is 170 g/mol. The molecule has 0 heterocycles. The molecule has 0 radical (unpaired) electrons. The van der Waals surface area contributed by atoms with Crippen LogP contribution in [-0.2, 0) is 17.4 Å². The zero-order valence-electron chi connectivity index (χ0n) is 6.28. The predicted molar refractivity (Wildman–Crippen MR) is 44.7 cm³/mol. The Hall–Kier alpha value is -0.670. The van der Waals surface area contributed by atoms with Crippen LogP contribution in [0.2, 0.25) is 0 Å².